The Labute approximate surface area is 254 Å². The summed E-state index contributed by atoms with van der Waals surface area (Å²) in [6.07, 6.45) is 9.26. The Balaban J connectivity index is 1.58. The van der Waals surface area contributed by atoms with Crippen molar-refractivity contribution in [1.29, 1.82) is 0 Å². The highest BCUT2D eigenvalue weighted by Crippen LogP contribution is 2.55. The first-order valence-electron chi connectivity index (χ1n) is 15.0. The van der Waals surface area contributed by atoms with Gasteiger partial charge < -0.3 is 9.47 Å². The lowest BCUT2D eigenvalue weighted by atomic mass is 9.70. The van der Waals surface area contributed by atoms with Gasteiger partial charge in [-0.15, -0.1) is 0 Å². The van der Waals surface area contributed by atoms with Crippen LogP contribution in [0.3, 0.4) is 0 Å². The largest absolute Gasteiger partial charge is 0.463 e. The highest BCUT2D eigenvalue weighted by Gasteiger charge is 2.43. The number of hydrogen-bond acceptors (Lipinski definition) is 4. The van der Waals surface area contributed by atoms with Gasteiger partial charge in [-0.1, -0.05) is 97.1 Å². The van der Waals surface area contributed by atoms with Crippen LogP contribution in [0.25, 0.3) is 33.4 Å². The second-order valence-corrected chi connectivity index (χ2v) is 10.9. The molecule has 1 aliphatic carbocycles. The van der Waals surface area contributed by atoms with Crippen molar-refractivity contribution in [3.8, 4) is 33.4 Å². The van der Waals surface area contributed by atoms with E-state index in [1.807, 2.05) is 12.1 Å². The fourth-order valence-electron chi connectivity index (χ4n) is 6.24. The summed E-state index contributed by atoms with van der Waals surface area (Å²) in [4.78, 5) is 24.2. The second-order valence-electron chi connectivity index (χ2n) is 10.9. The number of rotatable bonds is 12. The number of allylic oxidation sites excluding steroid dienone is 2. The van der Waals surface area contributed by atoms with Crippen molar-refractivity contribution in [3.05, 3.63) is 132 Å². The molecule has 5 rings (SSSR count). The summed E-state index contributed by atoms with van der Waals surface area (Å²) in [6, 6.07) is 34.5. The predicted octanol–water partition coefficient (Wildman–Crippen LogP) is 9.09. The van der Waals surface area contributed by atoms with Gasteiger partial charge in [0.05, 0.1) is 13.2 Å². The summed E-state index contributed by atoms with van der Waals surface area (Å²) in [5, 5.41) is 0. The van der Waals surface area contributed by atoms with Crippen molar-refractivity contribution in [2.45, 2.75) is 44.9 Å². The fraction of sp³-hybridized carbons (Fsp3) is 0.231. The smallest absolute Gasteiger partial charge is 0.330 e. The van der Waals surface area contributed by atoms with E-state index in [0.29, 0.717) is 26.1 Å². The number of hydrogen-bond donors (Lipinski definition) is 0. The maximum absolute atomic E-state index is 12.1. The standard InChI is InChI=1S/C39H38O4/c1-3-13-37(40)42-25-11-23-39(24-12-26-43-38(41)14-4-2)35-27-31(29-15-7-5-8-16-29)19-21-33(35)34-22-20-32(28-36(34)39)30-17-9-6-10-18-30/h3-10,13-22,27-28H,11-12,23-26H2,1-2H3. The Morgan fingerprint density at radius 1 is 0.581 bits per heavy atom. The monoisotopic (exact) mass is 570 g/mol. The molecule has 0 aromatic heterocycles. The number of carbonyl (C=O) groups excluding carboxylic acids is 2. The molecule has 4 nitrogen and oxygen atoms in total. The molecule has 1 aliphatic rings. The highest BCUT2D eigenvalue weighted by molar-refractivity contribution is 5.86. The van der Waals surface area contributed by atoms with Gasteiger partial charge in [-0.2, -0.15) is 0 Å². The van der Waals surface area contributed by atoms with E-state index in [2.05, 4.69) is 84.9 Å². The zero-order chi connectivity index (χ0) is 30.1. The Kier molecular flexibility index (Phi) is 9.68. The summed E-state index contributed by atoms with van der Waals surface area (Å²) in [7, 11) is 0. The molecule has 0 N–H and O–H groups in total. The second kappa shape index (κ2) is 14.0. The number of fused-ring (bicyclic) bond motifs is 3. The quantitative estimate of drug-likeness (QED) is 0.0968. The van der Waals surface area contributed by atoms with Gasteiger partial charge in [0.15, 0.2) is 0 Å². The van der Waals surface area contributed by atoms with Crippen molar-refractivity contribution >= 4 is 11.9 Å². The van der Waals surface area contributed by atoms with Crippen molar-refractivity contribution in [2.24, 2.45) is 0 Å². The highest BCUT2D eigenvalue weighted by atomic mass is 16.5. The number of benzene rings is 4. The van der Waals surface area contributed by atoms with Crippen LogP contribution in [0, 0.1) is 0 Å². The van der Waals surface area contributed by atoms with E-state index in [4.69, 9.17) is 9.47 Å². The van der Waals surface area contributed by atoms with Gasteiger partial charge in [0, 0.05) is 17.6 Å². The molecular weight excluding hydrogens is 532 g/mol. The molecule has 43 heavy (non-hydrogen) atoms. The normalized spacial score (nSPS) is 13.2. The molecule has 4 heteroatoms. The van der Waals surface area contributed by atoms with Crippen LogP contribution in [0.5, 0.6) is 0 Å². The lowest BCUT2D eigenvalue weighted by Gasteiger charge is -2.33. The van der Waals surface area contributed by atoms with E-state index in [1.54, 1.807) is 26.0 Å². The summed E-state index contributed by atoms with van der Waals surface area (Å²) < 4.78 is 11.1. The molecule has 0 bridgehead atoms. The molecule has 4 aromatic rings. The molecule has 0 spiro atoms. The molecular formula is C39H38O4. The average molecular weight is 571 g/mol. The van der Waals surface area contributed by atoms with E-state index in [-0.39, 0.29) is 17.4 Å². The van der Waals surface area contributed by atoms with Crippen LogP contribution in [0.2, 0.25) is 0 Å². The minimum atomic E-state index is -0.347. The Morgan fingerprint density at radius 3 is 1.40 bits per heavy atom. The van der Waals surface area contributed by atoms with Crippen molar-refractivity contribution in [3.63, 3.8) is 0 Å². The van der Waals surface area contributed by atoms with Crippen LogP contribution >= 0.6 is 0 Å². The average Bonchev–Trinajstić information content (AvgIpc) is 3.31. The van der Waals surface area contributed by atoms with E-state index in [1.165, 1.54) is 56.7 Å². The van der Waals surface area contributed by atoms with Crippen LogP contribution < -0.4 is 0 Å². The van der Waals surface area contributed by atoms with Gasteiger partial charge in [-0.3, -0.25) is 0 Å². The first-order valence-corrected chi connectivity index (χ1v) is 15.0. The van der Waals surface area contributed by atoms with Crippen LogP contribution in [0.1, 0.15) is 50.7 Å². The molecule has 0 unspecified atom stereocenters. The maximum atomic E-state index is 12.1. The molecule has 0 saturated carbocycles. The van der Waals surface area contributed by atoms with Gasteiger partial charge in [0.1, 0.15) is 0 Å². The summed E-state index contributed by atoms with van der Waals surface area (Å²) in [5.41, 5.74) is 9.32. The molecule has 0 radical (unpaired) electrons. The van der Waals surface area contributed by atoms with Crippen molar-refractivity contribution in [2.75, 3.05) is 13.2 Å². The van der Waals surface area contributed by atoms with Gasteiger partial charge >= 0.3 is 11.9 Å². The number of carbonyl (C=O) groups is 2. The SMILES string of the molecule is CC=CC(=O)OCCCC1(CCCOC(=O)C=CC)c2cc(-c3ccccc3)ccc2-c2ccc(-c3ccccc3)cc21. The van der Waals surface area contributed by atoms with Crippen molar-refractivity contribution in [1.82, 2.24) is 0 Å². The number of esters is 2. The molecule has 0 saturated heterocycles. The Hall–Kier alpha value is -4.70. The first-order chi connectivity index (χ1) is 21.1. The third kappa shape index (κ3) is 6.70. The van der Waals surface area contributed by atoms with E-state index < -0.39 is 0 Å². The zero-order valence-electron chi connectivity index (χ0n) is 24.9. The molecule has 0 atom stereocenters. The molecule has 0 amide bonds. The van der Waals surface area contributed by atoms with E-state index in [0.717, 1.165) is 12.8 Å². The van der Waals surface area contributed by atoms with E-state index >= 15 is 0 Å². The fourth-order valence-corrected chi connectivity index (χ4v) is 6.24. The zero-order valence-corrected chi connectivity index (χ0v) is 24.9. The van der Waals surface area contributed by atoms with Crippen LogP contribution in [-0.2, 0) is 24.5 Å². The maximum Gasteiger partial charge on any atom is 0.330 e. The first kappa shape index (κ1) is 29.8. The third-order valence-electron chi connectivity index (χ3n) is 8.16. The summed E-state index contributed by atoms with van der Waals surface area (Å²) in [5.74, 6) is -0.644. The van der Waals surface area contributed by atoms with Gasteiger partial charge in [0.2, 0.25) is 0 Å². The topological polar surface area (TPSA) is 52.6 Å². The molecule has 0 aliphatic heterocycles. The lowest BCUT2D eigenvalue weighted by Crippen LogP contribution is -2.27. The molecule has 4 aromatic carbocycles. The third-order valence-corrected chi connectivity index (χ3v) is 8.16. The van der Waals surface area contributed by atoms with Crippen LogP contribution in [-0.4, -0.2) is 25.2 Å². The summed E-state index contributed by atoms with van der Waals surface area (Å²) in [6.45, 7) is 4.28. The van der Waals surface area contributed by atoms with Crippen LogP contribution in [0.4, 0.5) is 0 Å². The minimum absolute atomic E-state index is 0.322. The van der Waals surface area contributed by atoms with E-state index in [9.17, 15) is 9.59 Å². The van der Waals surface area contributed by atoms with Crippen molar-refractivity contribution < 1.29 is 19.1 Å². The van der Waals surface area contributed by atoms with Gasteiger partial charge in [-0.25, -0.2) is 9.59 Å². The minimum Gasteiger partial charge on any atom is -0.463 e. The molecule has 0 fully saturated rings. The van der Waals surface area contributed by atoms with Gasteiger partial charge in [-0.05, 0) is 96.2 Å². The molecule has 0 heterocycles. The summed E-state index contributed by atoms with van der Waals surface area (Å²) >= 11 is 0. The predicted molar refractivity (Wildman–Crippen MR) is 174 cm³/mol. The number of ether oxygens (including phenoxy) is 2. The van der Waals surface area contributed by atoms with Crippen LogP contribution in [0.15, 0.2) is 121 Å². The molecule has 218 valence electrons. The Bertz CT molecular complexity index is 1490. The Morgan fingerprint density at radius 2 is 1.00 bits per heavy atom. The lowest BCUT2D eigenvalue weighted by molar-refractivity contribution is -0.138. The van der Waals surface area contributed by atoms with Gasteiger partial charge in [0.25, 0.3) is 0 Å².